The third kappa shape index (κ3) is 3.39. The van der Waals surface area contributed by atoms with Crippen LogP contribution >= 0.6 is 0 Å². The Morgan fingerprint density at radius 2 is 2.22 bits per heavy atom. The van der Waals surface area contributed by atoms with Crippen LogP contribution in [0, 0.1) is 5.92 Å². The van der Waals surface area contributed by atoms with E-state index in [1.165, 1.54) is 0 Å². The largest absolute Gasteiger partial charge is 0.491 e. The fourth-order valence-corrected chi connectivity index (χ4v) is 1.55. The lowest BCUT2D eigenvalue weighted by Crippen LogP contribution is -2.25. The van der Waals surface area contributed by atoms with E-state index in [0.29, 0.717) is 35.6 Å². The molecule has 4 nitrogen and oxygen atoms in total. The van der Waals surface area contributed by atoms with Gasteiger partial charge in [0.15, 0.2) is 0 Å². The summed E-state index contributed by atoms with van der Waals surface area (Å²) in [5.74, 6) is 0.965. The van der Waals surface area contributed by atoms with Crippen LogP contribution in [0.2, 0.25) is 0 Å². The molecule has 1 aliphatic rings. The fraction of sp³-hybridized carbons (Fsp3) is 0.500. The Kier molecular flexibility index (Phi) is 3.75. The van der Waals surface area contributed by atoms with Crippen LogP contribution in [0.25, 0.3) is 0 Å². The van der Waals surface area contributed by atoms with Crippen LogP contribution in [0.4, 0.5) is 5.69 Å². The number of ether oxygens (including phenoxy) is 1. The van der Waals surface area contributed by atoms with Crippen molar-refractivity contribution in [3.05, 3.63) is 23.8 Å². The number of nitrogen functional groups attached to an aromatic ring is 1. The Labute approximate surface area is 108 Å². The first-order valence-corrected chi connectivity index (χ1v) is 6.39. The average Bonchev–Trinajstić information content (AvgIpc) is 3.11. The van der Waals surface area contributed by atoms with Gasteiger partial charge in [-0.25, -0.2) is 0 Å². The van der Waals surface area contributed by atoms with E-state index >= 15 is 0 Å². The molecule has 4 heteroatoms. The van der Waals surface area contributed by atoms with Crippen molar-refractivity contribution in [3.8, 4) is 5.75 Å². The fourth-order valence-electron chi connectivity index (χ4n) is 1.55. The maximum absolute atomic E-state index is 11.9. The topological polar surface area (TPSA) is 64.3 Å². The summed E-state index contributed by atoms with van der Waals surface area (Å²) in [5.41, 5.74) is 7.01. The standard InChI is InChI=1S/C14H20N2O2/c1-9(2)8-18-13-7-10(3-6-12(13)15)14(17)16-11-4-5-11/h3,6-7,9,11H,4-5,8,15H2,1-2H3,(H,16,17). The SMILES string of the molecule is CC(C)COc1cc(C(=O)NC2CC2)ccc1N. The number of carbonyl (C=O) groups excluding carboxylic acids is 1. The molecule has 1 aliphatic carbocycles. The number of nitrogens with one attached hydrogen (secondary N) is 1. The van der Waals surface area contributed by atoms with Gasteiger partial charge in [-0.05, 0) is 37.0 Å². The minimum atomic E-state index is -0.0492. The van der Waals surface area contributed by atoms with Gasteiger partial charge in [0.2, 0.25) is 0 Å². The smallest absolute Gasteiger partial charge is 0.251 e. The van der Waals surface area contributed by atoms with Gasteiger partial charge in [0, 0.05) is 11.6 Å². The number of anilines is 1. The van der Waals surface area contributed by atoms with Gasteiger partial charge in [-0.15, -0.1) is 0 Å². The molecular formula is C14H20N2O2. The van der Waals surface area contributed by atoms with E-state index in [9.17, 15) is 4.79 Å². The van der Waals surface area contributed by atoms with Gasteiger partial charge in [-0.2, -0.15) is 0 Å². The van der Waals surface area contributed by atoms with Crippen LogP contribution in [0.3, 0.4) is 0 Å². The summed E-state index contributed by atoms with van der Waals surface area (Å²) in [6, 6.07) is 5.53. The summed E-state index contributed by atoms with van der Waals surface area (Å²) < 4.78 is 5.60. The van der Waals surface area contributed by atoms with Crippen LogP contribution in [-0.4, -0.2) is 18.6 Å². The zero-order chi connectivity index (χ0) is 13.1. The Balaban J connectivity index is 2.06. The van der Waals surface area contributed by atoms with Crippen LogP contribution in [-0.2, 0) is 0 Å². The van der Waals surface area contributed by atoms with Crippen molar-refractivity contribution in [3.63, 3.8) is 0 Å². The van der Waals surface area contributed by atoms with Crippen LogP contribution < -0.4 is 15.8 Å². The molecule has 3 N–H and O–H groups in total. The van der Waals surface area contributed by atoms with Crippen molar-refractivity contribution < 1.29 is 9.53 Å². The lowest BCUT2D eigenvalue weighted by Gasteiger charge is -2.12. The van der Waals surface area contributed by atoms with Crippen molar-refractivity contribution in [1.82, 2.24) is 5.32 Å². The zero-order valence-corrected chi connectivity index (χ0v) is 10.9. The van der Waals surface area contributed by atoms with Crippen molar-refractivity contribution in [2.24, 2.45) is 5.92 Å². The second kappa shape index (κ2) is 5.29. The van der Waals surface area contributed by atoms with E-state index in [1.807, 2.05) is 0 Å². The molecule has 1 aromatic carbocycles. The molecular weight excluding hydrogens is 228 g/mol. The summed E-state index contributed by atoms with van der Waals surface area (Å²) >= 11 is 0. The van der Waals surface area contributed by atoms with E-state index in [-0.39, 0.29) is 5.91 Å². The van der Waals surface area contributed by atoms with Gasteiger partial charge in [0.25, 0.3) is 5.91 Å². The summed E-state index contributed by atoms with van der Waals surface area (Å²) in [4.78, 5) is 11.9. The van der Waals surface area contributed by atoms with Gasteiger partial charge in [-0.3, -0.25) is 4.79 Å². The summed E-state index contributed by atoms with van der Waals surface area (Å²) in [6.07, 6.45) is 2.16. The van der Waals surface area contributed by atoms with Crippen molar-refractivity contribution >= 4 is 11.6 Å². The Morgan fingerprint density at radius 1 is 1.50 bits per heavy atom. The highest BCUT2D eigenvalue weighted by molar-refractivity contribution is 5.95. The molecule has 0 aliphatic heterocycles. The third-order valence-electron chi connectivity index (χ3n) is 2.76. The summed E-state index contributed by atoms with van der Waals surface area (Å²) in [7, 11) is 0. The maximum Gasteiger partial charge on any atom is 0.251 e. The Bertz CT molecular complexity index is 439. The molecule has 1 aromatic rings. The number of hydrogen-bond acceptors (Lipinski definition) is 3. The average molecular weight is 248 g/mol. The van der Waals surface area contributed by atoms with E-state index in [2.05, 4.69) is 19.2 Å². The van der Waals surface area contributed by atoms with Gasteiger partial charge in [0.1, 0.15) is 5.75 Å². The zero-order valence-electron chi connectivity index (χ0n) is 10.9. The van der Waals surface area contributed by atoms with Crippen molar-refractivity contribution in [2.45, 2.75) is 32.7 Å². The molecule has 98 valence electrons. The highest BCUT2D eigenvalue weighted by Gasteiger charge is 2.24. The van der Waals surface area contributed by atoms with Gasteiger partial charge in [-0.1, -0.05) is 13.8 Å². The second-order valence-electron chi connectivity index (χ2n) is 5.21. The first-order chi connectivity index (χ1) is 8.56. The molecule has 0 heterocycles. The molecule has 0 atom stereocenters. The highest BCUT2D eigenvalue weighted by atomic mass is 16.5. The number of benzene rings is 1. The number of carbonyl (C=O) groups is 1. The van der Waals surface area contributed by atoms with E-state index < -0.39 is 0 Å². The number of rotatable bonds is 5. The molecule has 18 heavy (non-hydrogen) atoms. The molecule has 1 saturated carbocycles. The second-order valence-corrected chi connectivity index (χ2v) is 5.21. The predicted molar refractivity (Wildman–Crippen MR) is 71.7 cm³/mol. The Hall–Kier alpha value is -1.71. The number of hydrogen-bond donors (Lipinski definition) is 2. The summed E-state index contributed by atoms with van der Waals surface area (Å²) in [6.45, 7) is 4.73. The normalized spacial score (nSPS) is 14.6. The lowest BCUT2D eigenvalue weighted by atomic mass is 10.1. The van der Waals surface area contributed by atoms with E-state index in [1.54, 1.807) is 18.2 Å². The van der Waals surface area contributed by atoms with Gasteiger partial charge in [0.05, 0.1) is 12.3 Å². The molecule has 1 fully saturated rings. The summed E-state index contributed by atoms with van der Waals surface area (Å²) in [5, 5.41) is 2.95. The van der Waals surface area contributed by atoms with Crippen molar-refractivity contribution in [2.75, 3.05) is 12.3 Å². The van der Waals surface area contributed by atoms with Crippen LogP contribution in [0.5, 0.6) is 5.75 Å². The van der Waals surface area contributed by atoms with Crippen LogP contribution in [0.15, 0.2) is 18.2 Å². The highest BCUT2D eigenvalue weighted by Crippen LogP contribution is 2.24. The van der Waals surface area contributed by atoms with Crippen molar-refractivity contribution in [1.29, 1.82) is 0 Å². The van der Waals surface area contributed by atoms with Gasteiger partial charge >= 0.3 is 0 Å². The third-order valence-corrected chi connectivity index (χ3v) is 2.76. The molecule has 0 radical (unpaired) electrons. The van der Waals surface area contributed by atoms with Crippen LogP contribution in [0.1, 0.15) is 37.0 Å². The quantitative estimate of drug-likeness (QED) is 0.785. The lowest BCUT2D eigenvalue weighted by molar-refractivity contribution is 0.0950. The molecule has 0 aromatic heterocycles. The Morgan fingerprint density at radius 3 is 2.83 bits per heavy atom. The number of amides is 1. The molecule has 0 bridgehead atoms. The first kappa shape index (κ1) is 12.7. The molecule has 1 amide bonds. The molecule has 0 unspecified atom stereocenters. The monoisotopic (exact) mass is 248 g/mol. The van der Waals surface area contributed by atoms with E-state index in [4.69, 9.17) is 10.5 Å². The van der Waals surface area contributed by atoms with E-state index in [0.717, 1.165) is 12.8 Å². The minimum absolute atomic E-state index is 0.0492. The molecule has 0 spiro atoms. The number of nitrogens with two attached hydrogens (primary N) is 1. The molecule has 2 rings (SSSR count). The minimum Gasteiger partial charge on any atom is -0.491 e. The van der Waals surface area contributed by atoms with Gasteiger partial charge < -0.3 is 15.8 Å². The molecule has 0 saturated heterocycles. The maximum atomic E-state index is 11.9. The predicted octanol–water partition coefficient (Wildman–Crippen LogP) is 2.20. The first-order valence-electron chi connectivity index (χ1n) is 6.39.